The Morgan fingerprint density at radius 3 is 1.96 bits per heavy atom. The van der Waals surface area contributed by atoms with Gasteiger partial charge in [0, 0.05) is 11.8 Å². The number of rotatable bonds is 5. The largest absolute Gasteiger partial charge is 0.507 e. The lowest BCUT2D eigenvalue weighted by molar-refractivity contribution is 0.446. The van der Waals surface area contributed by atoms with E-state index in [1.165, 1.54) is 0 Å². The second-order valence-corrected chi connectivity index (χ2v) is 8.06. The van der Waals surface area contributed by atoms with Crippen LogP contribution in [0.25, 0.3) is 0 Å². The Bertz CT molecular complexity index is 928. The molecule has 0 aliphatic heterocycles. The van der Waals surface area contributed by atoms with Crippen LogP contribution in [-0.4, -0.2) is 11.3 Å². The van der Waals surface area contributed by atoms with Gasteiger partial charge < -0.3 is 10.8 Å². The fourth-order valence-electron chi connectivity index (χ4n) is 3.33. The number of phenols is 1. The van der Waals surface area contributed by atoms with Gasteiger partial charge in [-0.15, -0.1) is 0 Å². The van der Waals surface area contributed by atoms with Crippen molar-refractivity contribution >= 4 is 6.21 Å². The van der Waals surface area contributed by atoms with Gasteiger partial charge in [0.05, 0.1) is 12.1 Å². The molecule has 0 spiro atoms. The van der Waals surface area contributed by atoms with Crippen molar-refractivity contribution in [2.24, 2.45) is 10.7 Å². The Kier molecular flexibility index (Phi) is 5.96. The zero-order valence-electron chi connectivity index (χ0n) is 16.7. The minimum Gasteiger partial charge on any atom is -0.507 e. The molecule has 1 unspecified atom stereocenters. The normalized spacial score (nSPS) is 14.1. The molecule has 0 bridgehead atoms. The molecular formula is C25H28N2O. The molecule has 3 aromatic rings. The maximum absolute atomic E-state index is 10.7. The van der Waals surface area contributed by atoms with Gasteiger partial charge in [0.2, 0.25) is 0 Å². The van der Waals surface area contributed by atoms with Gasteiger partial charge in [0.25, 0.3) is 0 Å². The zero-order valence-corrected chi connectivity index (χ0v) is 16.7. The van der Waals surface area contributed by atoms with Gasteiger partial charge in [-0.3, -0.25) is 4.99 Å². The number of aliphatic imine (C=N–C) groups is 1. The maximum Gasteiger partial charge on any atom is 0.128 e. The molecule has 0 saturated carbocycles. The van der Waals surface area contributed by atoms with Crippen molar-refractivity contribution in [2.45, 2.75) is 38.3 Å². The highest BCUT2D eigenvalue weighted by Crippen LogP contribution is 2.34. The van der Waals surface area contributed by atoms with Crippen LogP contribution in [0.3, 0.4) is 0 Å². The topological polar surface area (TPSA) is 58.6 Å². The van der Waals surface area contributed by atoms with Gasteiger partial charge in [-0.25, -0.2) is 0 Å². The first-order chi connectivity index (χ1) is 13.4. The van der Waals surface area contributed by atoms with Gasteiger partial charge >= 0.3 is 0 Å². The summed E-state index contributed by atoms with van der Waals surface area (Å²) in [6.07, 6.45) is 1.74. The summed E-state index contributed by atoms with van der Waals surface area (Å²) < 4.78 is 0. The van der Waals surface area contributed by atoms with Crippen molar-refractivity contribution in [1.29, 1.82) is 0 Å². The molecule has 3 N–H and O–H groups in total. The summed E-state index contributed by atoms with van der Waals surface area (Å²) in [6, 6.07) is 25.3. The summed E-state index contributed by atoms with van der Waals surface area (Å²) in [6.45, 7) is 6.25. The number of nitrogens with zero attached hydrogens (tertiary/aromatic N) is 1. The summed E-state index contributed by atoms with van der Waals surface area (Å²) in [5, 5.41) is 10.7. The second-order valence-electron chi connectivity index (χ2n) is 8.06. The van der Waals surface area contributed by atoms with Crippen LogP contribution in [0.2, 0.25) is 0 Å². The molecule has 0 heterocycles. The van der Waals surface area contributed by atoms with E-state index in [1.54, 1.807) is 6.21 Å². The van der Waals surface area contributed by atoms with Crippen molar-refractivity contribution < 1.29 is 5.11 Å². The fraction of sp³-hybridized carbons (Fsp3) is 0.240. The van der Waals surface area contributed by atoms with Gasteiger partial charge in [0.1, 0.15) is 5.75 Å². The van der Waals surface area contributed by atoms with Crippen molar-refractivity contribution in [3.63, 3.8) is 0 Å². The number of hydrogen-bond donors (Lipinski definition) is 2. The first-order valence-electron chi connectivity index (χ1n) is 9.59. The lowest BCUT2D eigenvalue weighted by Gasteiger charge is -2.22. The fourth-order valence-corrected chi connectivity index (χ4v) is 3.33. The summed E-state index contributed by atoms with van der Waals surface area (Å²) >= 11 is 0. The molecule has 0 aliphatic carbocycles. The average molecular weight is 373 g/mol. The molecule has 0 radical (unpaired) electrons. The molecule has 0 fully saturated rings. The van der Waals surface area contributed by atoms with E-state index in [2.05, 4.69) is 20.8 Å². The third-order valence-electron chi connectivity index (χ3n) is 4.92. The van der Waals surface area contributed by atoms with E-state index >= 15 is 0 Å². The second kappa shape index (κ2) is 8.41. The first kappa shape index (κ1) is 19.8. The van der Waals surface area contributed by atoms with Crippen molar-refractivity contribution in [2.75, 3.05) is 0 Å². The van der Waals surface area contributed by atoms with Crippen LogP contribution < -0.4 is 5.73 Å². The predicted molar refractivity (Wildman–Crippen MR) is 117 cm³/mol. The lowest BCUT2D eigenvalue weighted by Crippen LogP contribution is -2.19. The van der Waals surface area contributed by atoms with Crippen LogP contribution in [0, 0.1) is 0 Å². The van der Waals surface area contributed by atoms with Crippen LogP contribution in [0.4, 0.5) is 0 Å². The van der Waals surface area contributed by atoms with E-state index in [4.69, 9.17) is 10.7 Å². The third-order valence-corrected chi connectivity index (χ3v) is 4.92. The molecule has 28 heavy (non-hydrogen) atoms. The molecule has 0 aliphatic rings. The summed E-state index contributed by atoms with van der Waals surface area (Å²) in [4.78, 5) is 4.81. The van der Waals surface area contributed by atoms with E-state index in [-0.39, 0.29) is 23.2 Å². The molecular weight excluding hydrogens is 344 g/mol. The summed E-state index contributed by atoms with van der Waals surface area (Å²) in [5.41, 5.74) is 10.1. The molecule has 144 valence electrons. The van der Waals surface area contributed by atoms with Crippen LogP contribution in [0.1, 0.15) is 55.1 Å². The maximum atomic E-state index is 10.7. The predicted octanol–water partition coefficient (Wildman–Crippen LogP) is 5.55. The standard InChI is InChI=1S/C25H28N2O/c1-25(2,3)21-16-10-15-20(24(21)28)17-27-23(19-13-8-5-9-14-19)22(26)18-11-6-4-7-12-18/h4-17,22-23,28H,26H2,1-3H3/b27-17+/t22-,23?/m1/s1. The van der Waals surface area contributed by atoms with Crippen LogP contribution in [0.5, 0.6) is 5.75 Å². The van der Waals surface area contributed by atoms with Crippen molar-refractivity contribution in [1.82, 2.24) is 0 Å². The van der Waals surface area contributed by atoms with Gasteiger partial charge in [-0.1, -0.05) is 93.6 Å². The van der Waals surface area contributed by atoms with Gasteiger partial charge in [-0.2, -0.15) is 0 Å². The van der Waals surface area contributed by atoms with Crippen molar-refractivity contribution in [3.8, 4) is 5.75 Å². The number of para-hydroxylation sites is 1. The van der Waals surface area contributed by atoms with Crippen LogP contribution >= 0.6 is 0 Å². The Morgan fingerprint density at radius 2 is 1.39 bits per heavy atom. The highest BCUT2D eigenvalue weighted by atomic mass is 16.3. The molecule has 3 aromatic carbocycles. The zero-order chi connectivity index (χ0) is 20.1. The Balaban J connectivity index is 1.99. The summed E-state index contributed by atoms with van der Waals surface area (Å²) in [7, 11) is 0. The van der Waals surface area contributed by atoms with E-state index in [0.717, 1.165) is 16.7 Å². The molecule has 3 heteroatoms. The Hall–Kier alpha value is -2.91. The average Bonchev–Trinajstić information content (AvgIpc) is 2.69. The minimum atomic E-state index is -0.284. The molecule has 3 rings (SSSR count). The number of benzene rings is 3. The monoisotopic (exact) mass is 372 g/mol. The van der Waals surface area contributed by atoms with Gasteiger partial charge in [-0.05, 0) is 28.2 Å². The molecule has 2 atom stereocenters. The quantitative estimate of drug-likeness (QED) is 0.577. The number of nitrogens with two attached hydrogens (primary N) is 1. The summed E-state index contributed by atoms with van der Waals surface area (Å²) in [5.74, 6) is 0.277. The van der Waals surface area contributed by atoms with Gasteiger partial charge in [0.15, 0.2) is 0 Å². The van der Waals surface area contributed by atoms with Crippen LogP contribution in [-0.2, 0) is 5.41 Å². The number of aromatic hydroxyl groups is 1. The number of hydrogen-bond acceptors (Lipinski definition) is 3. The smallest absolute Gasteiger partial charge is 0.128 e. The number of phenolic OH excluding ortho intramolecular Hbond substituents is 1. The van der Waals surface area contributed by atoms with E-state index < -0.39 is 0 Å². The van der Waals surface area contributed by atoms with Crippen molar-refractivity contribution in [3.05, 3.63) is 101 Å². The van der Waals surface area contributed by atoms with Crippen LogP contribution in [0.15, 0.2) is 83.9 Å². The SMILES string of the molecule is CC(C)(C)c1cccc(/C=N/C(c2ccccc2)[C@H](N)c2ccccc2)c1O. The first-order valence-corrected chi connectivity index (χ1v) is 9.59. The third kappa shape index (κ3) is 4.49. The van der Waals surface area contributed by atoms with E-state index in [0.29, 0.717) is 5.56 Å². The van der Waals surface area contributed by atoms with E-state index in [1.807, 2.05) is 78.9 Å². The highest BCUT2D eigenvalue weighted by molar-refractivity contribution is 5.84. The Morgan fingerprint density at radius 1 is 0.821 bits per heavy atom. The molecule has 0 saturated heterocycles. The lowest BCUT2D eigenvalue weighted by atomic mass is 9.85. The molecule has 3 nitrogen and oxygen atoms in total. The van der Waals surface area contributed by atoms with E-state index in [9.17, 15) is 5.11 Å². The highest BCUT2D eigenvalue weighted by Gasteiger charge is 2.22. The molecule has 0 aromatic heterocycles. The minimum absolute atomic E-state index is 0.146. The molecule has 0 amide bonds. The Labute approximate surface area is 167 Å².